The topological polar surface area (TPSA) is 78.9 Å². The maximum absolute atomic E-state index is 13.2. The molecule has 2 amide bonds. The SMILES string of the molecule is CCOc1cc(/C=C2/C(=O)NC(=S)N(c3ccc(F)cc3)C2=O)cc(Cl)c1O. The summed E-state index contributed by atoms with van der Waals surface area (Å²) in [6.45, 7) is 2.02. The van der Waals surface area contributed by atoms with Gasteiger partial charge in [0, 0.05) is 0 Å². The Kier molecular flexibility index (Phi) is 5.62. The lowest BCUT2D eigenvalue weighted by Crippen LogP contribution is -2.54. The summed E-state index contributed by atoms with van der Waals surface area (Å²) in [6.07, 6.45) is 1.31. The Bertz CT molecular complexity index is 1010. The summed E-state index contributed by atoms with van der Waals surface area (Å²) in [4.78, 5) is 26.3. The summed E-state index contributed by atoms with van der Waals surface area (Å²) in [5.74, 6) is -1.95. The van der Waals surface area contributed by atoms with Crippen molar-refractivity contribution < 1.29 is 23.8 Å². The zero-order valence-electron chi connectivity index (χ0n) is 14.5. The molecule has 1 aliphatic heterocycles. The first-order valence-corrected chi connectivity index (χ1v) is 8.92. The van der Waals surface area contributed by atoms with Crippen molar-refractivity contribution in [2.24, 2.45) is 0 Å². The molecule has 0 spiro atoms. The fourth-order valence-corrected chi connectivity index (χ4v) is 3.09. The molecule has 1 aliphatic rings. The lowest BCUT2D eigenvalue weighted by molar-refractivity contribution is -0.122. The van der Waals surface area contributed by atoms with Gasteiger partial charge in [-0.25, -0.2) is 4.39 Å². The van der Waals surface area contributed by atoms with E-state index in [0.29, 0.717) is 11.3 Å². The summed E-state index contributed by atoms with van der Waals surface area (Å²) < 4.78 is 18.5. The van der Waals surface area contributed by atoms with Gasteiger partial charge in [0.2, 0.25) is 0 Å². The normalized spacial score (nSPS) is 15.8. The molecule has 28 heavy (non-hydrogen) atoms. The Hall–Kier alpha value is -2.97. The minimum Gasteiger partial charge on any atom is -0.503 e. The van der Waals surface area contributed by atoms with Gasteiger partial charge in [-0.05, 0) is 67.2 Å². The van der Waals surface area contributed by atoms with Crippen LogP contribution in [0, 0.1) is 5.82 Å². The van der Waals surface area contributed by atoms with Gasteiger partial charge in [0.05, 0.1) is 17.3 Å². The molecule has 0 unspecified atom stereocenters. The van der Waals surface area contributed by atoms with Gasteiger partial charge in [0.1, 0.15) is 11.4 Å². The van der Waals surface area contributed by atoms with E-state index in [4.69, 9.17) is 28.6 Å². The van der Waals surface area contributed by atoms with E-state index in [1.54, 1.807) is 6.92 Å². The maximum Gasteiger partial charge on any atom is 0.270 e. The highest BCUT2D eigenvalue weighted by Crippen LogP contribution is 2.36. The molecule has 0 radical (unpaired) electrons. The molecule has 0 saturated carbocycles. The first kappa shape index (κ1) is 19.8. The number of nitrogens with one attached hydrogen (secondary N) is 1. The number of amides is 2. The van der Waals surface area contributed by atoms with E-state index >= 15 is 0 Å². The molecule has 1 heterocycles. The number of hydrogen-bond donors (Lipinski definition) is 2. The van der Waals surface area contributed by atoms with E-state index in [0.717, 1.165) is 4.90 Å². The smallest absolute Gasteiger partial charge is 0.270 e. The molecule has 3 rings (SSSR count). The predicted molar refractivity (Wildman–Crippen MR) is 107 cm³/mol. The third-order valence-electron chi connectivity index (χ3n) is 3.85. The van der Waals surface area contributed by atoms with E-state index in [1.807, 2.05) is 0 Å². The molecule has 0 aromatic heterocycles. The van der Waals surface area contributed by atoms with Crippen LogP contribution in [0.5, 0.6) is 11.5 Å². The van der Waals surface area contributed by atoms with Crippen LogP contribution in [0.1, 0.15) is 12.5 Å². The Balaban J connectivity index is 2.03. The molecule has 0 atom stereocenters. The molecule has 2 N–H and O–H groups in total. The number of phenols is 1. The minimum atomic E-state index is -0.685. The Labute approximate surface area is 170 Å². The summed E-state index contributed by atoms with van der Waals surface area (Å²) in [5.41, 5.74) is 0.472. The molecule has 9 heteroatoms. The first-order chi connectivity index (χ1) is 13.3. The van der Waals surface area contributed by atoms with Crippen molar-refractivity contribution in [1.29, 1.82) is 0 Å². The number of phenolic OH excluding ortho intramolecular Hbond substituents is 1. The van der Waals surface area contributed by atoms with E-state index in [1.165, 1.54) is 42.5 Å². The number of anilines is 1. The van der Waals surface area contributed by atoms with Crippen molar-refractivity contribution in [2.45, 2.75) is 6.92 Å². The average molecular weight is 421 g/mol. The van der Waals surface area contributed by atoms with Crippen molar-refractivity contribution in [2.75, 3.05) is 11.5 Å². The Morgan fingerprint density at radius 1 is 1.29 bits per heavy atom. The minimum absolute atomic E-state index is 0.00683. The van der Waals surface area contributed by atoms with E-state index in [9.17, 15) is 19.1 Å². The number of carbonyl (C=O) groups excluding carboxylic acids is 2. The maximum atomic E-state index is 13.2. The second-order valence-corrected chi connectivity index (χ2v) is 6.51. The number of rotatable bonds is 4. The number of carbonyl (C=O) groups is 2. The highest BCUT2D eigenvalue weighted by atomic mass is 35.5. The van der Waals surface area contributed by atoms with Gasteiger partial charge in [0.25, 0.3) is 11.8 Å². The van der Waals surface area contributed by atoms with Crippen molar-refractivity contribution in [3.8, 4) is 11.5 Å². The zero-order valence-corrected chi connectivity index (χ0v) is 16.1. The van der Waals surface area contributed by atoms with E-state index < -0.39 is 17.6 Å². The number of aromatic hydroxyl groups is 1. The first-order valence-electron chi connectivity index (χ1n) is 8.14. The summed E-state index contributed by atoms with van der Waals surface area (Å²) in [6, 6.07) is 7.95. The fourth-order valence-electron chi connectivity index (χ4n) is 2.59. The van der Waals surface area contributed by atoms with Gasteiger partial charge in [-0.3, -0.25) is 19.8 Å². The van der Waals surface area contributed by atoms with Gasteiger partial charge in [-0.2, -0.15) is 0 Å². The molecule has 0 aliphatic carbocycles. The second-order valence-electron chi connectivity index (χ2n) is 5.72. The Morgan fingerprint density at radius 3 is 2.61 bits per heavy atom. The summed E-state index contributed by atoms with van der Waals surface area (Å²) in [5, 5.41) is 12.3. The van der Waals surface area contributed by atoms with Crippen LogP contribution in [0.4, 0.5) is 10.1 Å². The molecule has 0 bridgehead atoms. The molecule has 6 nitrogen and oxygen atoms in total. The van der Waals surface area contributed by atoms with Crippen LogP contribution in [0.15, 0.2) is 42.0 Å². The van der Waals surface area contributed by atoms with E-state index in [2.05, 4.69) is 5.32 Å². The van der Waals surface area contributed by atoms with Crippen molar-refractivity contribution in [3.05, 3.63) is 58.4 Å². The molecule has 1 saturated heterocycles. The lowest BCUT2D eigenvalue weighted by atomic mass is 10.1. The molecule has 1 fully saturated rings. The number of hydrogen-bond acceptors (Lipinski definition) is 5. The summed E-state index contributed by atoms with van der Waals surface area (Å²) in [7, 11) is 0. The number of ether oxygens (including phenoxy) is 1. The highest BCUT2D eigenvalue weighted by Gasteiger charge is 2.34. The molecule has 144 valence electrons. The van der Waals surface area contributed by atoms with Crippen LogP contribution in [0.2, 0.25) is 5.02 Å². The van der Waals surface area contributed by atoms with Crippen LogP contribution >= 0.6 is 23.8 Å². The highest BCUT2D eigenvalue weighted by molar-refractivity contribution is 7.80. The predicted octanol–water partition coefficient (Wildman–Crippen LogP) is 3.41. The van der Waals surface area contributed by atoms with Crippen molar-refractivity contribution in [1.82, 2.24) is 5.32 Å². The largest absolute Gasteiger partial charge is 0.503 e. The summed E-state index contributed by atoms with van der Waals surface area (Å²) >= 11 is 11.1. The quantitative estimate of drug-likeness (QED) is 0.450. The molecule has 2 aromatic rings. The average Bonchev–Trinajstić information content (AvgIpc) is 2.64. The molecular weight excluding hydrogens is 407 g/mol. The van der Waals surface area contributed by atoms with Gasteiger partial charge in [-0.15, -0.1) is 0 Å². The van der Waals surface area contributed by atoms with Crippen LogP contribution in [0.25, 0.3) is 6.08 Å². The number of thiocarbonyl (C=S) groups is 1. The fraction of sp³-hybridized carbons (Fsp3) is 0.105. The zero-order chi connectivity index (χ0) is 20.4. The van der Waals surface area contributed by atoms with Gasteiger partial charge >= 0.3 is 0 Å². The Morgan fingerprint density at radius 2 is 1.96 bits per heavy atom. The van der Waals surface area contributed by atoms with E-state index in [-0.39, 0.29) is 33.8 Å². The number of halogens is 2. The van der Waals surface area contributed by atoms with Crippen LogP contribution in [0.3, 0.4) is 0 Å². The third kappa shape index (κ3) is 3.83. The van der Waals surface area contributed by atoms with Gasteiger partial charge < -0.3 is 9.84 Å². The van der Waals surface area contributed by atoms with Crippen LogP contribution in [-0.4, -0.2) is 28.6 Å². The van der Waals surface area contributed by atoms with Crippen molar-refractivity contribution >= 4 is 52.5 Å². The second kappa shape index (κ2) is 7.95. The van der Waals surface area contributed by atoms with Gasteiger partial charge in [-0.1, -0.05) is 11.6 Å². The number of benzene rings is 2. The van der Waals surface area contributed by atoms with Crippen molar-refractivity contribution in [3.63, 3.8) is 0 Å². The number of nitrogens with zero attached hydrogens (tertiary/aromatic N) is 1. The monoisotopic (exact) mass is 420 g/mol. The van der Waals surface area contributed by atoms with Crippen LogP contribution in [-0.2, 0) is 9.59 Å². The molecule has 2 aromatic carbocycles. The third-order valence-corrected chi connectivity index (χ3v) is 4.42. The van der Waals surface area contributed by atoms with Gasteiger partial charge in [0.15, 0.2) is 16.6 Å². The molecular formula is C19H14ClFN2O4S. The lowest BCUT2D eigenvalue weighted by Gasteiger charge is -2.28. The van der Waals surface area contributed by atoms with Crippen LogP contribution < -0.4 is 15.0 Å². The standard InChI is InChI=1S/C19H14ClFN2O4S/c1-2-27-15-9-10(8-14(20)16(15)24)7-13-17(25)22-19(28)23(18(13)26)12-5-3-11(21)4-6-12/h3-9,24H,2H2,1H3,(H,22,25,28)/b13-7-.